The first-order chi connectivity index (χ1) is 7.77. The second kappa shape index (κ2) is 4.63. The molecule has 2 aromatic rings. The van der Waals surface area contributed by atoms with E-state index in [0.717, 1.165) is 10.9 Å². The molecule has 16 heavy (non-hydrogen) atoms. The van der Waals surface area contributed by atoms with Crippen molar-refractivity contribution in [3.63, 3.8) is 0 Å². The van der Waals surface area contributed by atoms with Gasteiger partial charge in [0.15, 0.2) is 5.11 Å². The Bertz CT molecular complexity index is 546. The molecule has 1 heterocycles. The van der Waals surface area contributed by atoms with Gasteiger partial charge < -0.3 is 5.73 Å². The summed E-state index contributed by atoms with van der Waals surface area (Å²) >= 11 is 4.63. The maximum absolute atomic E-state index is 5.24. The molecule has 0 aliphatic carbocycles. The summed E-state index contributed by atoms with van der Waals surface area (Å²) in [6, 6.07) is 7.68. The Morgan fingerprint density at radius 1 is 1.38 bits per heavy atom. The van der Waals surface area contributed by atoms with Crippen LogP contribution in [0.4, 0.5) is 0 Å². The van der Waals surface area contributed by atoms with Crippen LogP contribution in [0.5, 0.6) is 0 Å². The summed E-state index contributed by atoms with van der Waals surface area (Å²) in [6.45, 7) is 0. The fraction of sp³-hybridized carbons (Fsp3) is 0. The van der Waals surface area contributed by atoms with E-state index in [1.807, 2.05) is 24.3 Å². The number of aromatic nitrogens is 2. The highest BCUT2D eigenvalue weighted by atomic mass is 32.1. The number of para-hydroxylation sites is 1. The quantitative estimate of drug-likeness (QED) is 0.454. The third kappa shape index (κ3) is 2.29. The number of thiocarbonyl (C=S) groups is 1. The van der Waals surface area contributed by atoms with Crippen molar-refractivity contribution in [2.24, 2.45) is 10.8 Å². The number of hydrogen-bond donors (Lipinski definition) is 2. The van der Waals surface area contributed by atoms with E-state index in [2.05, 4.69) is 32.7 Å². The summed E-state index contributed by atoms with van der Waals surface area (Å²) in [4.78, 5) is 8.26. The minimum absolute atomic E-state index is 0.120. The lowest BCUT2D eigenvalue weighted by molar-refractivity contribution is 1.04. The molecule has 0 unspecified atom stereocenters. The van der Waals surface area contributed by atoms with Gasteiger partial charge in [-0.05, 0) is 18.3 Å². The molecule has 3 N–H and O–H groups in total. The largest absolute Gasteiger partial charge is 0.375 e. The molecule has 1 aromatic carbocycles. The summed E-state index contributed by atoms with van der Waals surface area (Å²) < 4.78 is 0. The van der Waals surface area contributed by atoms with E-state index in [4.69, 9.17) is 5.73 Å². The number of hydrazone groups is 1. The molecule has 0 radical (unpaired) electrons. The van der Waals surface area contributed by atoms with Crippen molar-refractivity contribution in [3.8, 4) is 0 Å². The average molecular weight is 231 g/mol. The third-order valence-corrected chi connectivity index (χ3v) is 2.03. The first-order valence-electron chi connectivity index (χ1n) is 4.55. The lowest BCUT2D eigenvalue weighted by Gasteiger charge is -1.99. The molecule has 0 amide bonds. The summed E-state index contributed by atoms with van der Waals surface area (Å²) in [6.07, 6.45) is 3.05. The molecule has 0 aliphatic heterocycles. The van der Waals surface area contributed by atoms with Crippen LogP contribution in [-0.2, 0) is 0 Å². The number of rotatable bonds is 2. The fourth-order valence-electron chi connectivity index (χ4n) is 1.29. The van der Waals surface area contributed by atoms with Crippen LogP contribution in [0.15, 0.2) is 35.7 Å². The van der Waals surface area contributed by atoms with Gasteiger partial charge in [-0.3, -0.25) is 5.43 Å². The minimum atomic E-state index is 0.120. The van der Waals surface area contributed by atoms with Crippen LogP contribution in [0.3, 0.4) is 0 Å². The average Bonchev–Trinajstić information content (AvgIpc) is 2.29. The van der Waals surface area contributed by atoms with Gasteiger partial charge in [0.2, 0.25) is 0 Å². The van der Waals surface area contributed by atoms with E-state index in [-0.39, 0.29) is 5.11 Å². The molecule has 0 saturated carbocycles. The molecule has 5 nitrogen and oxygen atoms in total. The van der Waals surface area contributed by atoms with Gasteiger partial charge in [0.05, 0.1) is 17.4 Å². The minimum Gasteiger partial charge on any atom is -0.375 e. The van der Waals surface area contributed by atoms with Crippen molar-refractivity contribution >= 4 is 34.4 Å². The molecule has 0 bridgehead atoms. The lowest BCUT2D eigenvalue weighted by atomic mass is 10.2. The van der Waals surface area contributed by atoms with E-state index in [0.29, 0.717) is 5.69 Å². The molecule has 0 fully saturated rings. The van der Waals surface area contributed by atoms with Gasteiger partial charge in [-0.15, -0.1) is 0 Å². The Hall–Kier alpha value is -2.08. The predicted molar refractivity (Wildman–Crippen MR) is 67.1 cm³/mol. The highest BCUT2D eigenvalue weighted by Gasteiger charge is 1.99. The van der Waals surface area contributed by atoms with Crippen molar-refractivity contribution in [2.75, 3.05) is 0 Å². The standard InChI is InChI=1S/C10H9N5S/c11-10(16)15-14-5-9-7-3-1-2-4-8(7)12-6-13-9/h1-6H,(H3,11,15,16)/b14-5-. The second-order valence-electron chi connectivity index (χ2n) is 3.01. The Kier molecular flexibility index (Phi) is 3.02. The van der Waals surface area contributed by atoms with Crippen LogP contribution in [-0.4, -0.2) is 21.3 Å². The second-order valence-corrected chi connectivity index (χ2v) is 3.45. The molecule has 6 heteroatoms. The summed E-state index contributed by atoms with van der Waals surface area (Å²) in [7, 11) is 0. The smallest absolute Gasteiger partial charge is 0.184 e. The van der Waals surface area contributed by atoms with Gasteiger partial charge in [0.25, 0.3) is 0 Å². The fourth-order valence-corrected chi connectivity index (χ4v) is 1.34. The summed E-state index contributed by atoms with van der Waals surface area (Å²) in [5.74, 6) is 0. The van der Waals surface area contributed by atoms with Gasteiger partial charge in [0.1, 0.15) is 6.33 Å². The van der Waals surface area contributed by atoms with Crippen molar-refractivity contribution in [1.29, 1.82) is 0 Å². The lowest BCUT2D eigenvalue weighted by Crippen LogP contribution is -2.24. The zero-order valence-electron chi connectivity index (χ0n) is 8.29. The third-order valence-electron chi connectivity index (χ3n) is 1.94. The van der Waals surface area contributed by atoms with E-state index < -0.39 is 0 Å². The van der Waals surface area contributed by atoms with E-state index >= 15 is 0 Å². The van der Waals surface area contributed by atoms with Crippen LogP contribution >= 0.6 is 12.2 Å². The molecule has 80 valence electrons. The first kappa shape index (κ1) is 10.4. The molecular formula is C10H9N5S. The monoisotopic (exact) mass is 231 g/mol. The highest BCUT2D eigenvalue weighted by Crippen LogP contribution is 2.11. The van der Waals surface area contributed by atoms with Crippen LogP contribution in [0.1, 0.15) is 5.69 Å². The number of hydrogen-bond acceptors (Lipinski definition) is 4. The number of fused-ring (bicyclic) bond motifs is 1. The normalized spacial score (nSPS) is 10.8. The molecule has 2 rings (SSSR count). The highest BCUT2D eigenvalue weighted by molar-refractivity contribution is 7.80. The number of nitrogens with two attached hydrogens (primary N) is 1. The predicted octanol–water partition coefficient (Wildman–Crippen LogP) is 0.797. The van der Waals surface area contributed by atoms with Crippen LogP contribution in [0, 0.1) is 0 Å². The molecule has 0 spiro atoms. The summed E-state index contributed by atoms with van der Waals surface area (Å²) in [5, 5.41) is 4.91. The van der Waals surface area contributed by atoms with Gasteiger partial charge in [0, 0.05) is 5.39 Å². The van der Waals surface area contributed by atoms with Crippen molar-refractivity contribution < 1.29 is 0 Å². The van der Waals surface area contributed by atoms with Crippen LogP contribution in [0.25, 0.3) is 10.9 Å². The van der Waals surface area contributed by atoms with Gasteiger partial charge >= 0.3 is 0 Å². The van der Waals surface area contributed by atoms with Gasteiger partial charge in [-0.2, -0.15) is 5.10 Å². The molecular weight excluding hydrogens is 222 g/mol. The zero-order chi connectivity index (χ0) is 11.4. The Morgan fingerprint density at radius 3 is 3.00 bits per heavy atom. The van der Waals surface area contributed by atoms with Gasteiger partial charge in [-0.1, -0.05) is 18.2 Å². The van der Waals surface area contributed by atoms with Crippen molar-refractivity contribution in [1.82, 2.24) is 15.4 Å². The Balaban J connectivity index is 2.37. The number of nitrogens with one attached hydrogen (secondary N) is 1. The number of benzene rings is 1. The molecule has 0 aliphatic rings. The van der Waals surface area contributed by atoms with E-state index in [1.165, 1.54) is 6.33 Å². The number of nitrogens with zero attached hydrogens (tertiary/aromatic N) is 3. The topological polar surface area (TPSA) is 76.2 Å². The molecule has 0 saturated heterocycles. The van der Waals surface area contributed by atoms with Gasteiger partial charge in [-0.25, -0.2) is 9.97 Å². The van der Waals surface area contributed by atoms with Crippen molar-refractivity contribution in [2.45, 2.75) is 0 Å². The first-order valence-corrected chi connectivity index (χ1v) is 4.96. The SMILES string of the molecule is NC(=S)N/N=C\c1ncnc2ccccc12. The Morgan fingerprint density at radius 2 is 2.19 bits per heavy atom. The van der Waals surface area contributed by atoms with Crippen LogP contribution in [0.2, 0.25) is 0 Å². The van der Waals surface area contributed by atoms with E-state index in [1.54, 1.807) is 6.21 Å². The molecule has 0 atom stereocenters. The maximum Gasteiger partial charge on any atom is 0.184 e. The molecule has 1 aromatic heterocycles. The zero-order valence-corrected chi connectivity index (χ0v) is 9.11. The van der Waals surface area contributed by atoms with Crippen molar-refractivity contribution in [3.05, 3.63) is 36.3 Å². The van der Waals surface area contributed by atoms with Crippen LogP contribution < -0.4 is 11.2 Å². The maximum atomic E-state index is 5.24. The summed E-state index contributed by atoms with van der Waals surface area (Å²) in [5.41, 5.74) is 9.31. The van der Waals surface area contributed by atoms with E-state index in [9.17, 15) is 0 Å². The Labute approximate surface area is 97.4 Å².